The second-order valence-corrected chi connectivity index (χ2v) is 6.25. The van der Waals surface area contributed by atoms with Gasteiger partial charge in [-0.1, -0.05) is 55.9 Å². The van der Waals surface area contributed by atoms with Gasteiger partial charge in [0.25, 0.3) is 0 Å². The first kappa shape index (κ1) is 15.0. The molecule has 0 aliphatic carbocycles. The second kappa shape index (κ2) is 7.41. The SMILES string of the molecule is CNC(c1ccccc1)C(Sc1cnccn1)C(C)C. The third-order valence-corrected chi connectivity index (χ3v) is 4.79. The van der Waals surface area contributed by atoms with Crippen LogP contribution in [0.5, 0.6) is 0 Å². The maximum atomic E-state index is 4.38. The van der Waals surface area contributed by atoms with E-state index in [0.29, 0.717) is 17.2 Å². The van der Waals surface area contributed by atoms with Gasteiger partial charge >= 0.3 is 0 Å². The van der Waals surface area contributed by atoms with E-state index >= 15 is 0 Å². The number of benzene rings is 1. The molecular formula is C16H21N3S. The summed E-state index contributed by atoms with van der Waals surface area (Å²) < 4.78 is 0. The molecule has 0 aliphatic rings. The van der Waals surface area contributed by atoms with E-state index in [0.717, 1.165) is 5.03 Å². The summed E-state index contributed by atoms with van der Waals surface area (Å²) in [7, 11) is 2.02. The zero-order valence-corrected chi connectivity index (χ0v) is 13.0. The van der Waals surface area contributed by atoms with Crippen molar-refractivity contribution < 1.29 is 0 Å². The summed E-state index contributed by atoms with van der Waals surface area (Å²) in [5.74, 6) is 0.527. The molecule has 2 atom stereocenters. The highest BCUT2D eigenvalue weighted by molar-refractivity contribution is 7.99. The minimum absolute atomic E-state index is 0.295. The van der Waals surface area contributed by atoms with Crippen molar-refractivity contribution in [3.8, 4) is 0 Å². The van der Waals surface area contributed by atoms with E-state index < -0.39 is 0 Å². The Bertz CT molecular complexity index is 502. The van der Waals surface area contributed by atoms with Crippen LogP contribution in [-0.2, 0) is 0 Å². The lowest BCUT2D eigenvalue weighted by molar-refractivity contribution is 0.472. The first-order valence-electron chi connectivity index (χ1n) is 6.87. The van der Waals surface area contributed by atoms with Gasteiger partial charge in [0.05, 0.1) is 6.20 Å². The molecule has 0 radical (unpaired) electrons. The van der Waals surface area contributed by atoms with Crippen LogP contribution in [0.3, 0.4) is 0 Å². The third kappa shape index (κ3) is 3.81. The van der Waals surface area contributed by atoms with E-state index in [-0.39, 0.29) is 0 Å². The van der Waals surface area contributed by atoms with E-state index in [1.165, 1.54) is 5.56 Å². The molecule has 1 aromatic carbocycles. The Morgan fingerprint density at radius 1 is 1.10 bits per heavy atom. The van der Waals surface area contributed by atoms with E-state index in [4.69, 9.17) is 0 Å². The Hall–Kier alpha value is -1.39. The topological polar surface area (TPSA) is 37.8 Å². The van der Waals surface area contributed by atoms with Crippen LogP contribution < -0.4 is 5.32 Å². The molecule has 4 heteroatoms. The molecule has 1 N–H and O–H groups in total. The number of rotatable bonds is 6. The van der Waals surface area contributed by atoms with Crippen LogP contribution in [0.25, 0.3) is 0 Å². The lowest BCUT2D eigenvalue weighted by Crippen LogP contribution is -2.31. The minimum atomic E-state index is 0.295. The molecule has 2 unspecified atom stereocenters. The molecule has 0 saturated carbocycles. The number of nitrogens with zero attached hydrogens (tertiary/aromatic N) is 2. The fourth-order valence-electron chi connectivity index (χ4n) is 2.26. The smallest absolute Gasteiger partial charge is 0.115 e. The highest BCUT2D eigenvalue weighted by Crippen LogP contribution is 2.35. The lowest BCUT2D eigenvalue weighted by Gasteiger charge is -2.29. The molecule has 0 bridgehead atoms. The normalized spacial score (nSPS) is 14.2. The summed E-state index contributed by atoms with van der Waals surface area (Å²) in [5.41, 5.74) is 1.31. The molecule has 3 nitrogen and oxygen atoms in total. The summed E-state index contributed by atoms with van der Waals surface area (Å²) in [6.07, 6.45) is 5.29. The molecule has 1 aromatic heterocycles. The largest absolute Gasteiger partial charge is 0.312 e. The van der Waals surface area contributed by atoms with Gasteiger partial charge < -0.3 is 5.32 Å². The maximum Gasteiger partial charge on any atom is 0.115 e. The minimum Gasteiger partial charge on any atom is -0.312 e. The average Bonchev–Trinajstić information content (AvgIpc) is 2.49. The predicted molar refractivity (Wildman–Crippen MR) is 84.8 cm³/mol. The van der Waals surface area contributed by atoms with Gasteiger partial charge in [-0.3, -0.25) is 4.98 Å². The van der Waals surface area contributed by atoms with Crippen molar-refractivity contribution >= 4 is 11.8 Å². The lowest BCUT2D eigenvalue weighted by atomic mass is 9.96. The van der Waals surface area contributed by atoms with Crippen LogP contribution in [0.4, 0.5) is 0 Å². The van der Waals surface area contributed by atoms with Crippen LogP contribution in [0, 0.1) is 5.92 Å². The Morgan fingerprint density at radius 2 is 1.85 bits per heavy atom. The van der Waals surface area contributed by atoms with Crippen LogP contribution >= 0.6 is 11.8 Å². The van der Waals surface area contributed by atoms with Crippen molar-refractivity contribution in [2.45, 2.75) is 30.2 Å². The van der Waals surface area contributed by atoms with Gasteiger partial charge in [-0.25, -0.2) is 4.98 Å². The highest BCUT2D eigenvalue weighted by atomic mass is 32.2. The number of hydrogen-bond acceptors (Lipinski definition) is 4. The number of thioether (sulfide) groups is 1. The van der Waals surface area contributed by atoms with Gasteiger partial charge in [0.2, 0.25) is 0 Å². The molecule has 2 aromatic rings. The van der Waals surface area contributed by atoms with Crippen molar-refractivity contribution in [1.82, 2.24) is 15.3 Å². The number of hydrogen-bond donors (Lipinski definition) is 1. The summed E-state index contributed by atoms with van der Waals surface area (Å²) >= 11 is 1.79. The predicted octanol–water partition coefficient (Wildman–Crippen LogP) is 3.55. The average molecular weight is 287 g/mol. The summed E-state index contributed by atoms with van der Waals surface area (Å²) in [6, 6.07) is 10.9. The molecule has 0 saturated heterocycles. The van der Waals surface area contributed by atoms with Gasteiger partial charge in [-0.2, -0.15) is 0 Å². The molecule has 0 fully saturated rings. The van der Waals surface area contributed by atoms with E-state index in [2.05, 4.69) is 59.5 Å². The van der Waals surface area contributed by atoms with Crippen LogP contribution in [0.2, 0.25) is 0 Å². The molecule has 2 rings (SSSR count). The summed E-state index contributed by atoms with van der Waals surface area (Å²) in [5, 5.41) is 4.83. The first-order chi connectivity index (χ1) is 9.72. The van der Waals surface area contributed by atoms with Crippen LogP contribution in [0.1, 0.15) is 25.5 Å². The molecular weight excluding hydrogens is 266 g/mol. The molecule has 0 spiro atoms. The zero-order valence-electron chi connectivity index (χ0n) is 12.2. The van der Waals surface area contributed by atoms with Gasteiger partial charge in [0, 0.05) is 23.7 Å². The quantitative estimate of drug-likeness (QED) is 0.825. The van der Waals surface area contributed by atoms with Gasteiger partial charge in [-0.05, 0) is 18.5 Å². The van der Waals surface area contributed by atoms with Gasteiger partial charge in [0.15, 0.2) is 0 Å². The standard InChI is InChI=1S/C16H21N3S/c1-12(2)16(20-14-11-18-9-10-19-14)15(17-3)13-7-5-4-6-8-13/h4-12,15-17H,1-3H3. The molecule has 0 amide bonds. The van der Waals surface area contributed by atoms with Gasteiger partial charge in [-0.15, -0.1) is 0 Å². The number of aromatic nitrogens is 2. The molecule has 1 heterocycles. The van der Waals surface area contributed by atoms with Crippen LogP contribution in [0.15, 0.2) is 53.9 Å². The van der Waals surface area contributed by atoms with E-state index in [9.17, 15) is 0 Å². The third-order valence-electron chi connectivity index (χ3n) is 3.25. The van der Waals surface area contributed by atoms with Crippen molar-refractivity contribution in [2.24, 2.45) is 5.92 Å². The fourth-order valence-corrected chi connectivity index (χ4v) is 3.48. The fraction of sp³-hybridized carbons (Fsp3) is 0.375. The molecule has 20 heavy (non-hydrogen) atoms. The van der Waals surface area contributed by atoms with Crippen molar-refractivity contribution in [2.75, 3.05) is 7.05 Å². The first-order valence-corrected chi connectivity index (χ1v) is 7.75. The van der Waals surface area contributed by atoms with Crippen molar-refractivity contribution in [1.29, 1.82) is 0 Å². The van der Waals surface area contributed by atoms with E-state index in [1.54, 1.807) is 24.2 Å². The highest BCUT2D eigenvalue weighted by Gasteiger charge is 2.26. The van der Waals surface area contributed by atoms with E-state index in [1.807, 2.05) is 13.2 Å². The monoisotopic (exact) mass is 287 g/mol. The van der Waals surface area contributed by atoms with Gasteiger partial charge in [0.1, 0.15) is 5.03 Å². The Morgan fingerprint density at radius 3 is 2.40 bits per heavy atom. The summed E-state index contributed by atoms with van der Waals surface area (Å²) in [6.45, 7) is 4.50. The van der Waals surface area contributed by atoms with Crippen molar-refractivity contribution in [3.63, 3.8) is 0 Å². The maximum absolute atomic E-state index is 4.38. The Balaban J connectivity index is 2.22. The Kier molecular flexibility index (Phi) is 5.56. The molecule has 0 aliphatic heterocycles. The Labute approximate surface area is 125 Å². The number of nitrogens with one attached hydrogen (secondary N) is 1. The van der Waals surface area contributed by atoms with Crippen LogP contribution in [-0.4, -0.2) is 22.3 Å². The molecule has 106 valence electrons. The summed E-state index contributed by atoms with van der Waals surface area (Å²) in [4.78, 5) is 8.54. The zero-order chi connectivity index (χ0) is 14.4. The second-order valence-electron chi connectivity index (χ2n) is 5.05. The van der Waals surface area contributed by atoms with Crippen molar-refractivity contribution in [3.05, 3.63) is 54.5 Å².